The van der Waals surface area contributed by atoms with Crippen LogP contribution in [0.25, 0.3) is 0 Å². The Hall–Kier alpha value is -3.14. The Kier molecular flexibility index (Phi) is 9.65. The van der Waals surface area contributed by atoms with Crippen LogP contribution in [0, 0.1) is 17.0 Å². The summed E-state index contributed by atoms with van der Waals surface area (Å²) in [5, 5.41) is 13.9. The molecule has 0 fully saturated rings. The third-order valence-electron chi connectivity index (χ3n) is 5.06. The Morgan fingerprint density at radius 2 is 1.88 bits per heavy atom. The fraction of sp³-hybridized carbons (Fsp3) is 0.435. The number of sulfonamides is 1. The highest BCUT2D eigenvalue weighted by atomic mass is 32.2. The van der Waals surface area contributed by atoms with Gasteiger partial charge in [0.05, 0.1) is 29.0 Å². The highest BCUT2D eigenvalue weighted by molar-refractivity contribution is 7.92. The number of nitrogens with zero attached hydrogens (tertiary/aromatic N) is 2. The summed E-state index contributed by atoms with van der Waals surface area (Å²) in [4.78, 5) is 22.8. The van der Waals surface area contributed by atoms with Gasteiger partial charge in [0.2, 0.25) is 15.9 Å². The lowest BCUT2D eigenvalue weighted by Crippen LogP contribution is -2.33. The zero-order chi connectivity index (χ0) is 24.4. The van der Waals surface area contributed by atoms with E-state index in [4.69, 9.17) is 4.74 Å². The predicted molar refractivity (Wildman–Crippen MR) is 128 cm³/mol. The number of rotatable bonds is 13. The lowest BCUT2D eigenvalue weighted by molar-refractivity contribution is -0.385. The molecule has 0 bridgehead atoms. The number of carbonyl (C=O) groups excluding carboxylic acids is 1. The Bertz CT molecular complexity index is 1050. The number of nitro benzene ring substituents is 1. The van der Waals surface area contributed by atoms with Crippen LogP contribution in [0.3, 0.4) is 0 Å². The second kappa shape index (κ2) is 12.2. The Labute approximate surface area is 195 Å². The standard InChI is InChI=1S/C23H31N3O6S/c1-4-7-19-11-13-20(14-12-19)32-17-15-24-23(27)10-6-16-25(33(3,30)31)21-8-5-9-22(18(21)2)26(28)29/h5,8-9,11-14H,4,6-7,10,15-17H2,1-3H3,(H,24,27). The molecule has 180 valence electrons. The summed E-state index contributed by atoms with van der Waals surface area (Å²) in [5.41, 5.74) is 1.60. The Balaban J connectivity index is 1.82. The van der Waals surface area contributed by atoms with Gasteiger partial charge in [0, 0.05) is 19.0 Å². The van der Waals surface area contributed by atoms with Crippen LogP contribution >= 0.6 is 0 Å². The lowest BCUT2D eigenvalue weighted by atomic mass is 10.1. The quantitative estimate of drug-likeness (QED) is 0.267. The van der Waals surface area contributed by atoms with Crippen molar-refractivity contribution in [2.45, 2.75) is 39.5 Å². The molecule has 0 aliphatic carbocycles. The van der Waals surface area contributed by atoms with Crippen LogP contribution in [-0.2, 0) is 21.2 Å². The molecule has 0 saturated heterocycles. The van der Waals surface area contributed by atoms with Crippen molar-refractivity contribution in [2.75, 3.05) is 30.3 Å². The second-order valence-electron chi connectivity index (χ2n) is 7.71. The van der Waals surface area contributed by atoms with Gasteiger partial charge in [-0.2, -0.15) is 0 Å². The van der Waals surface area contributed by atoms with E-state index in [0.29, 0.717) is 13.2 Å². The zero-order valence-electron chi connectivity index (χ0n) is 19.2. The average molecular weight is 478 g/mol. The number of amides is 1. The average Bonchev–Trinajstić information content (AvgIpc) is 2.75. The minimum atomic E-state index is -3.68. The fourth-order valence-electron chi connectivity index (χ4n) is 3.42. The van der Waals surface area contributed by atoms with Gasteiger partial charge in [0.25, 0.3) is 5.69 Å². The maximum atomic E-state index is 12.3. The van der Waals surface area contributed by atoms with Gasteiger partial charge >= 0.3 is 0 Å². The third kappa shape index (κ3) is 8.05. The summed E-state index contributed by atoms with van der Waals surface area (Å²) in [7, 11) is -3.68. The summed E-state index contributed by atoms with van der Waals surface area (Å²) in [6, 6.07) is 12.2. The van der Waals surface area contributed by atoms with Gasteiger partial charge in [-0.15, -0.1) is 0 Å². The number of nitro groups is 1. The van der Waals surface area contributed by atoms with E-state index in [1.165, 1.54) is 30.7 Å². The molecule has 0 heterocycles. The summed E-state index contributed by atoms with van der Waals surface area (Å²) >= 11 is 0. The molecule has 0 saturated carbocycles. The molecule has 0 aromatic heterocycles. The lowest BCUT2D eigenvalue weighted by Gasteiger charge is -2.24. The van der Waals surface area contributed by atoms with Crippen molar-refractivity contribution in [1.29, 1.82) is 0 Å². The first-order chi connectivity index (χ1) is 15.6. The molecular formula is C23H31N3O6S. The first-order valence-electron chi connectivity index (χ1n) is 10.8. The van der Waals surface area contributed by atoms with Crippen LogP contribution in [0.5, 0.6) is 5.75 Å². The van der Waals surface area contributed by atoms with Crippen LogP contribution in [0.4, 0.5) is 11.4 Å². The molecule has 0 unspecified atom stereocenters. The molecule has 0 radical (unpaired) electrons. The molecule has 0 aliphatic heterocycles. The fourth-order valence-corrected chi connectivity index (χ4v) is 4.43. The molecule has 1 N–H and O–H groups in total. The van der Waals surface area contributed by atoms with Crippen molar-refractivity contribution in [3.63, 3.8) is 0 Å². The summed E-state index contributed by atoms with van der Waals surface area (Å²) in [5.74, 6) is 0.515. The number of anilines is 1. The number of hydrogen-bond donors (Lipinski definition) is 1. The first kappa shape index (κ1) is 26.1. The topological polar surface area (TPSA) is 119 Å². The Morgan fingerprint density at radius 1 is 1.18 bits per heavy atom. The summed E-state index contributed by atoms with van der Waals surface area (Å²) in [6.07, 6.45) is 3.52. The maximum Gasteiger partial charge on any atom is 0.274 e. The van der Waals surface area contributed by atoms with E-state index in [1.54, 1.807) is 0 Å². The summed E-state index contributed by atoms with van der Waals surface area (Å²) in [6.45, 7) is 4.32. The smallest absolute Gasteiger partial charge is 0.274 e. The van der Waals surface area contributed by atoms with Gasteiger partial charge in [-0.25, -0.2) is 8.42 Å². The highest BCUT2D eigenvalue weighted by Gasteiger charge is 2.23. The van der Waals surface area contributed by atoms with E-state index in [9.17, 15) is 23.3 Å². The Morgan fingerprint density at radius 3 is 2.48 bits per heavy atom. The normalized spacial score (nSPS) is 11.1. The molecule has 0 atom stereocenters. The minimum Gasteiger partial charge on any atom is -0.492 e. The van der Waals surface area contributed by atoms with E-state index in [0.717, 1.165) is 29.2 Å². The van der Waals surface area contributed by atoms with E-state index in [2.05, 4.69) is 12.2 Å². The molecule has 0 spiro atoms. The number of carbonyl (C=O) groups is 1. The van der Waals surface area contributed by atoms with Gasteiger partial charge in [-0.3, -0.25) is 19.2 Å². The van der Waals surface area contributed by atoms with Crippen molar-refractivity contribution >= 4 is 27.3 Å². The number of hydrogen-bond acceptors (Lipinski definition) is 6. The maximum absolute atomic E-state index is 12.3. The van der Waals surface area contributed by atoms with E-state index in [1.807, 2.05) is 24.3 Å². The summed E-state index contributed by atoms with van der Waals surface area (Å²) < 4.78 is 31.3. The number of benzene rings is 2. The first-order valence-corrected chi connectivity index (χ1v) is 12.7. The molecule has 2 aromatic carbocycles. The molecule has 10 heteroatoms. The van der Waals surface area contributed by atoms with Crippen LogP contribution in [0.1, 0.15) is 37.3 Å². The monoisotopic (exact) mass is 477 g/mol. The van der Waals surface area contributed by atoms with Crippen LogP contribution in [0.2, 0.25) is 0 Å². The highest BCUT2D eigenvalue weighted by Crippen LogP contribution is 2.30. The van der Waals surface area contributed by atoms with E-state index in [-0.39, 0.29) is 42.2 Å². The van der Waals surface area contributed by atoms with Crippen LogP contribution < -0.4 is 14.4 Å². The van der Waals surface area contributed by atoms with Gasteiger partial charge in [0.1, 0.15) is 12.4 Å². The van der Waals surface area contributed by atoms with Crippen molar-refractivity contribution in [3.8, 4) is 5.75 Å². The van der Waals surface area contributed by atoms with E-state index < -0.39 is 14.9 Å². The van der Waals surface area contributed by atoms with Crippen molar-refractivity contribution in [3.05, 3.63) is 63.7 Å². The van der Waals surface area contributed by atoms with Gasteiger partial charge in [0.15, 0.2) is 0 Å². The predicted octanol–water partition coefficient (Wildman–Crippen LogP) is 3.60. The number of ether oxygens (including phenoxy) is 1. The van der Waals surface area contributed by atoms with Crippen LogP contribution in [-0.4, -0.2) is 45.2 Å². The molecule has 0 aliphatic rings. The molecule has 9 nitrogen and oxygen atoms in total. The van der Waals surface area contributed by atoms with Gasteiger partial charge in [-0.1, -0.05) is 31.5 Å². The number of aryl methyl sites for hydroxylation is 1. The molecule has 2 aromatic rings. The molecule has 33 heavy (non-hydrogen) atoms. The third-order valence-corrected chi connectivity index (χ3v) is 6.24. The van der Waals surface area contributed by atoms with Gasteiger partial charge < -0.3 is 10.1 Å². The zero-order valence-corrected chi connectivity index (χ0v) is 20.1. The SMILES string of the molecule is CCCc1ccc(OCCNC(=O)CCCN(c2cccc([N+](=O)[O-])c2C)S(C)(=O)=O)cc1. The minimum absolute atomic E-state index is 0.0366. The van der Waals surface area contributed by atoms with Gasteiger partial charge in [-0.05, 0) is 43.5 Å². The molecular weight excluding hydrogens is 446 g/mol. The van der Waals surface area contributed by atoms with Crippen LogP contribution in [0.15, 0.2) is 42.5 Å². The van der Waals surface area contributed by atoms with E-state index >= 15 is 0 Å². The second-order valence-corrected chi connectivity index (χ2v) is 9.62. The largest absolute Gasteiger partial charge is 0.492 e. The number of nitrogens with one attached hydrogen (secondary N) is 1. The molecule has 1 amide bonds. The molecule has 2 rings (SSSR count). The van der Waals surface area contributed by atoms with Crippen molar-refractivity contribution in [2.24, 2.45) is 0 Å². The van der Waals surface area contributed by atoms with Crippen molar-refractivity contribution in [1.82, 2.24) is 5.32 Å². The van der Waals surface area contributed by atoms with Crippen molar-refractivity contribution < 1.29 is 22.9 Å².